The van der Waals surface area contributed by atoms with Crippen molar-refractivity contribution in [3.63, 3.8) is 0 Å². The van der Waals surface area contributed by atoms with Crippen molar-refractivity contribution in [3.8, 4) is 34.6 Å². The summed E-state index contributed by atoms with van der Waals surface area (Å²) in [6.07, 6.45) is 9.24. The van der Waals surface area contributed by atoms with Crippen molar-refractivity contribution in [2.45, 2.75) is 6.92 Å². The SMILES string of the molecule is C#Cc1ccc(-c2ccnc(C(=O)OC)c2)cc1.CCOC(=O)c1cc(-c2ccc(C=O)cc2)ccn1. The first kappa shape index (κ1) is 26.5. The second-order valence-corrected chi connectivity index (χ2v) is 7.53. The summed E-state index contributed by atoms with van der Waals surface area (Å²) in [7, 11) is 1.33. The molecule has 0 atom stereocenters. The molecule has 0 saturated carbocycles. The van der Waals surface area contributed by atoms with Crippen LogP contribution in [0.15, 0.2) is 85.2 Å². The number of aromatic nitrogens is 2. The maximum atomic E-state index is 11.6. The normalized spacial score (nSPS) is 9.76. The lowest BCUT2D eigenvalue weighted by Crippen LogP contribution is -2.06. The number of rotatable bonds is 6. The van der Waals surface area contributed by atoms with Gasteiger partial charge in [-0.1, -0.05) is 42.3 Å². The molecule has 2 aromatic carbocycles. The van der Waals surface area contributed by atoms with Crippen LogP contribution in [0.2, 0.25) is 0 Å². The summed E-state index contributed by atoms with van der Waals surface area (Å²) in [6.45, 7) is 2.07. The minimum Gasteiger partial charge on any atom is -0.464 e. The Bertz CT molecular complexity index is 1420. The standard InChI is InChI=1S/C15H13NO3.C15H11NO2/c1-2-19-15(18)14-9-13(7-8-16-14)12-5-3-11(10-17)4-6-12;1-3-11-4-6-12(7-5-11)13-8-9-16-14(10-13)15(17)18-2/h3-10H,2H2,1H3;1,4-10H,2H3. The minimum absolute atomic E-state index is 0.277. The first-order valence-corrected chi connectivity index (χ1v) is 11.3. The third kappa shape index (κ3) is 7.20. The fourth-order valence-electron chi connectivity index (χ4n) is 3.27. The van der Waals surface area contributed by atoms with Gasteiger partial charge in [-0.15, -0.1) is 6.42 Å². The zero-order valence-electron chi connectivity index (χ0n) is 20.4. The molecule has 37 heavy (non-hydrogen) atoms. The maximum absolute atomic E-state index is 11.6. The van der Waals surface area contributed by atoms with Crippen LogP contribution in [-0.4, -0.2) is 41.9 Å². The summed E-state index contributed by atoms with van der Waals surface area (Å²) in [5.41, 5.74) is 5.64. The van der Waals surface area contributed by atoms with Crippen LogP contribution in [0.1, 0.15) is 43.8 Å². The van der Waals surface area contributed by atoms with Gasteiger partial charge < -0.3 is 9.47 Å². The number of carbonyl (C=O) groups is 3. The Morgan fingerprint density at radius 2 is 1.32 bits per heavy atom. The molecule has 0 aliphatic carbocycles. The summed E-state index contributed by atoms with van der Waals surface area (Å²) >= 11 is 0. The third-order valence-electron chi connectivity index (χ3n) is 5.16. The highest BCUT2D eigenvalue weighted by molar-refractivity contribution is 5.89. The summed E-state index contributed by atoms with van der Waals surface area (Å²) in [4.78, 5) is 41.5. The Morgan fingerprint density at radius 3 is 1.78 bits per heavy atom. The van der Waals surface area contributed by atoms with Crippen molar-refractivity contribution in [2.24, 2.45) is 0 Å². The Labute approximate surface area is 215 Å². The monoisotopic (exact) mass is 492 g/mol. The average Bonchev–Trinajstić information content (AvgIpc) is 2.97. The molecule has 2 heterocycles. The quantitative estimate of drug-likeness (QED) is 0.206. The summed E-state index contributed by atoms with van der Waals surface area (Å²) in [5.74, 6) is 1.67. The molecule has 4 rings (SSSR count). The molecule has 0 bridgehead atoms. The van der Waals surface area contributed by atoms with Crippen molar-refractivity contribution >= 4 is 18.2 Å². The van der Waals surface area contributed by atoms with E-state index >= 15 is 0 Å². The van der Waals surface area contributed by atoms with Crippen molar-refractivity contribution in [1.82, 2.24) is 9.97 Å². The molecule has 0 N–H and O–H groups in total. The van der Waals surface area contributed by atoms with Gasteiger partial charge in [-0.05, 0) is 65.6 Å². The molecule has 0 aliphatic rings. The predicted molar refractivity (Wildman–Crippen MR) is 140 cm³/mol. The molecule has 7 nitrogen and oxygen atoms in total. The van der Waals surface area contributed by atoms with Gasteiger partial charge in [0.15, 0.2) is 0 Å². The molecular formula is C30H24N2O5. The van der Waals surface area contributed by atoms with Gasteiger partial charge in [0, 0.05) is 23.5 Å². The summed E-state index contributed by atoms with van der Waals surface area (Å²) < 4.78 is 9.54. The molecule has 184 valence electrons. The van der Waals surface area contributed by atoms with Gasteiger partial charge in [0.2, 0.25) is 0 Å². The molecule has 0 spiro atoms. The number of benzene rings is 2. The highest BCUT2D eigenvalue weighted by atomic mass is 16.5. The molecule has 0 fully saturated rings. The van der Waals surface area contributed by atoms with E-state index in [-0.39, 0.29) is 11.4 Å². The molecule has 4 aromatic rings. The van der Waals surface area contributed by atoms with Gasteiger partial charge in [0.1, 0.15) is 17.7 Å². The average molecular weight is 493 g/mol. The van der Waals surface area contributed by atoms with E-state index in [1.54, 1.807) is 49.6 Å². The number of aldehydes is 1. The lowest BCUT2D eigenvalue weighted by atomic mass is 10.0. The largest absolute Gasteiger partial charge is 0.464 e. The van der Waals surface area contributed by atoms with Gasteiger partial charge >= 0.3 is 11.9 Å². The second kappa shape index (κ2) is 13.1. The highest BCUT2D eigenvalue weighted by Gasteiger charge is 2.10. The van der Waals surface area contributed by atoms with Crippen LogP contribution in [0.3, 0.4) is 0 Å². The second-order valence-electron chi connectivity index (χ2n) is 7.53. The Kier molecular flexibility index (Phi) is 9.40. The number of pyridine rings is 2. The lowest BCUT2D eigenvalue weighted by Gasteiger charge is -2.04. The number of terminal acetylenes is 1. The lowest BCUT2D eigenvalue weighted by molar-refractivity contribution is 0.0518. The van der Waals surface area contributed by atoms with E-state index < -0.39 is 11.9 Å². The van der Waals surface area contributed by atoms with Crippen LogP contribution >= 0.6 is 0 Å². The van der Waals surface area contributed by atoms with Gasteiger partial charge in [-0.2, -0.15) is 0 Å². The maximum Gasteiger partial charge on any atom is 0.356 e. The van der Waals surface area contributed by atoms with Gasteiger partial charge in [-0.25, -0.2) is 19.6 Å². The fourth-order valence-corrected chi connectivity index (χ4v) is 3.27. The third-order valence-corrected chi connectivity index (χ3v) is 5.16. The van der Waals surface area contributed by atoms with E-state index in [0.717, 1.165) is 34.1 Å². The number of hydrogen-bond acceptors (Lipinski definition) is 7. The number of carbonyl (C=O) groups excluding carboxylic acids is 3. The van der Waals surface area contributed by atoms with E-state index in [1.807, 2.05) is 42.5 Å². The fraction of sp³-hybridized carbons (Fsp3) is 0.100. The molecule has 0 unspecified atom stereocenters. The topological polar surface area (TPSA) is 95.5 Å². The summed E-state index contributed by atoms with van der Waals surface area (Å²) in [6, 6.07) is 21.6. The predicted octanol–water partition coefficient (Wildman–Crippen LogP) is 5.25. The van der Waals surface area contributed by atoms with Crippen LogP contribution < -0.4 is 0 Å². The van der Waals surface area contributed by atoms with Crippen LogP contribution in [-0.2, 0) is 9.47 Å². The number of nitrogens with zero attached hydrogens (tertiary/aromatic N) is 2. The Morgan fingerprint density at radius 1 is 0.811 bits per heavy atom. The molecule has 0 aliphatic heterocycles. The van der Waals surface area contributed by atoms with E-state index in [1.165, 1.54) is 7.11 Å². The first-order valence-electron chi connectivity index (χ1n) is 11.3. The Hall–Kier alpha value is -5.09. The molecule has 0 amide bonds. The number of methoxy groups -OCH3 is 1. The minimum atomic E-state index is -0.447. The van der Waals surface area contributed by atoms with Crippen LogP contribution in [0, 0.1) is 12.3 Å². The van der Waals surface area contributed by atoms with Crippen molar-refractivity contribution < 1.29 is 23.9 Å². The van der Waals surface area contributed by atoms with Crippen LogP contribution in [0.25, 0.3) is 22.3 Å². The summed E-state index contributed by atoms with van der Waals surface area (Å²) in [5, 5.41) is 0. The molecule has 0 radical (unpaired) electrons. The van der Waals surface area contributed by atoms with Crippen molar-refractivity contribution in [2.75, 3.05) is 13.7 Å². The van der Waals surface area contributed by atoms with Crippen molar-refractivity contribution in [1.29, 1.82) is 0 Å². The zero-order valence-corrected chi connectivity index (χ0v) is 20.4. The molecular weight excluding hydrogens is 468 g/mol. The molecule has 2 aromatic heterocycles. The van der Waals surface area contributed by atoms with Crippen LogP contribution in [0.5, 0.6) is 0 Å². The molecule has 0 saturated heterocycles. The van der Waals surface area contributed by atoms with Gasteiger partial charge in [0.25, 0.3) is 0 Å². The smallest absolute Gasteiger partial charge is 0.356 e. The number of ether oxygens (including phenoxy) is 2. The first-order chi connectivity index (χ1) is 18.0. The van der Waals surface area contributed by atoms with Gasteiger partial charge in [0.05, 0.1) is 13.7 Å². The number of hydrogen-bond donors (Lipinski definition) is 0. The van der Waals surface area contributed by atoms with Gasteiger partial charge in [-0.3, -0.25) is 4.79 Å². The number of esters is 2. The van der Waals surface area contributed by atoms with E-state index in [4.69, 9.17) is 11.2 Å². The van der Waals surface area contributed by atoms with E-state index in [9.17, 15) is 14.4 Å². The van der Waals surface area contributed by atoms with E-state index in [2.05, 4.69) is 20.6 Å². The molecule has 7 heteroatoms. The van der Waals surface area contributed by atoms with Crippen molar-refractivity contribution in [3.05, 3.63) is 108 Å². The van der Waals surface area contributed by atoms with Crippen LogP contribution in [0.4, 0.5) is 0 Å². The zero-order chi connectivity index (χ0) is 26.6. The Balaban J connectivity index is 0.000000206. The highest BCUT2D eigenvalue weighted by Crippen LogP contribution is 2.21. The van der Waals surface area contributed by atoms with E-state index in [0.29, 0.717) is 12.2 Å².